The van der Waals surface area contributed by atoms with Crippen LogP contribution < -0.4 is 10.4 Å². The Kier molecular flexibility index (Phi) is 9.47. The molecule has 0 aliphatic heterocycles. The van der Waals surface area contributed by atoms with Gasteiger partial charge in [0.25, 0.3) is 8.32 Å². The van der Waals surface area contributed by atoms with Gasteiger partial charge >= 0.3 is 5.97 Å². The lowest BCUT2D eigenvalue weighted by Gasteiger charge is -2.45. The monoisotopic (exact) mass is 442 g/mol. The Hall–Kier alpha value is -1.95. The minimum Gasteiger partial charge on any atom is -0.481 e. The Morgan fingerprint density at radius 3 is 1.81 bits per heavy atom. The fraction of sp³-hybridized carbons (Fsp3) is 0.500. The zero-order chi connectivity index (χ0) is 22.9. The molecule has 0 saturated heterocycles. The molecule has 0 heterocycles. The van der Waals surface area contributed by atoms with E-state index in [0.717, 1.165) is 36.1 Å². The number of hydrogen-bond acceptors (Lipinski definition) is 3. The summed E-state index contributed by atoms with van der Waals surface area (Å²) in [4.78, 5) is 11.7. The highest BCUT2D eigenvalue weighted by atomic mass is 28.4. The summed E-state index contributed by atoms with van der Waals surface area (Å²) in [6, 6.07) is 20.7. The Morgan fingerprint density at radius 2 is 1.39 bits per heavy atom. The number of benzene rings is 2. The minimum atomic E-state index is -2.77. The van der Waals surface area contributed by atoms with E-state index >= 15 is 0 Å². The number of unbranched alkanes of at least 4 members (excludes halogenated alkanes) is 2. The molecule has 0 aromatic heterocycles. The van der Waals surface area contributed by atoms with E-state index in [-0.39, 0.29) is 23.7 Å². The van der Waals surface area contributed by atoms with E-state index in [1.807, 2.05) is 36.4 Å². The van der Waals surface area contributed by atoms with Crippen molar-refractivity contribution >= 4 is 24.7 Å². The largest absolute Gasteiger partial charge is 0.481 e. The van der Waals surface area contributed by atoms with E-state index in [4.69, 9.17) is 4.43 Å². The number of aliphatic hydroxyl groups excluding tert-OH is 1. The van der Waals surface area contributed by atoms with Crippen LogP contribution in [0.1, 0.15) is 66.2 Å². The van der Waals surface area contributed by atoms with Gasteiger partial charge in [0, 0.05) is 0 Å². The van der Waals surface area contributed by atoms with Crippen molar-refractivity contribution in [1.82, 2.24) is 0 Å². The van der Waals surface area contributed by atoms with E-state index < -0.39 is 14.3 Å². The van der Waals surface area contributed by atoms with Gasteiger partial charge in [-0.25, -0.2) is 0 Å². The quantitative estimate of drug-likeness (QED) is 0.368. The van der Waals surface area contributed by atoms with Crippen LogP contribution in [0.25, 0.3) is 0 Å². The molecule has 0 fully saturated rings. The van der Waals surface area contributed by atoms with Crippen LogP contribution in [-0.4, -0.2) is 36.7 Å². The van der Waals surface area contributed by atoms with Crippen LogP contribution in [0.4, 0.5) is 0 Å². The van der Waals surface area contributed by atoms with E-state index in [0.29, 0.717) is 6.42 Å². The second-order valence-corrected chi connectivity index (χ2v) is 13.7. The molecule has 170 valence electrons. The first-order chi connectivity index (χ1) is 14.7. The van der Waals surface area contributed by atoms with Gasteiger partial charge in [0.1, 0.15) is 0 Å². The first-order valence-corrected chi connectivity index (χ1v) is 13.3. The average molecular weight is 443 g/mol. The molecule has 0 saturated carbocycles. The van der Waals surface area contributed by atoms with Crippen molar-refractivity contribution in [2.45, 2.75) is 83.5 Å². The molecule has 2 aromatic rings. The van der Waals surface area contributed by atoms with Gasteiger partial charge in [-0.05, 0) is 35.2 Å². The predicted octanol–water partition coefficient (Wildman–Crippen LogP) is 4.74. The summed E-state index contributed by atoms with van der Waals surface area (Å²) in [5.41, 5.74) is 0. The highest BCUT2D eigenvalue weighted by Gasteiger charge is 2.51. The first-order valence-electron chi connectivity index (χ1n) is 11.4. The molecular weight excluding hydrogens is 404 g/mol. The third-order valence-electron chi connectivity index (χ3n) is 5.81. The molecule has 2 aromatic carbocycles. The average Bonchev–Trinajstić information content (AvgIpc) is 2.71. The fourth-order valence-corrected chi connectivity index (χ4v) is 9.04. The highest BCUT2D eigenvalue weighted by Crippen LogP contribution is 2.38. The topological polar surface area (TPSA) is 66.8 Å². The molecule has 0 radical (unpaired) electrons. The number of aliphatic hydroxyl groups is 1. The van der Waals surface area contributed by atoms with Gasteiger partial charge in [-0.1, -0.05) is 101 Å². The Bertz CT molecular complexity index is 745. The third-order valence-corrected chi connectivity index (χ3v) is 10.9. The molecule has 0 amide bonds. The standard InChI is InChI=1S/C26H38O4Si/c1-21(27)14-8-5-9-15-22(20-25(28)29)30-31(26(2,3)4,23-16-10-6-11-17-23)24-18-12-7-13-19-24/h6-7,10-13,16-19,21-22,27H,5,8-9,14-15,20H2,1-4H3,(H,28,29)/t21-,22-/m1/s1. The molecule has 2 atom stereocenters. The fourth-order valence-electron chi connectivity index (χ4n) is 4.33. The minimum absolute atomic E-state index is 0.000893. The molecule has 31 heavy (non-hydrogen) atoms. The van der Waals surface area contributed by atoms with Crippen molar-refractivity contribution in [2.75, 3.05) is 0 Å². The smallest absolute Gasteiger partial charge is 0.305 e. The zero-order valence-electron chi connectivity index (χ0n) is 19.4. The molecule has 0 aliphatic carbocycles. The van der Waals surface area contributed by atoms with Gasteiger partial charge in [0.2, 0.25) is 0 Å². The molecule has 5 heteroatoms. The van der Waals surface area contributed by atoms with Gasteiger partial charge in [0.05, 0.1) is 18.6 Å². The van der Waals surface area contributed by atoms with Gasteiger partial charge < -0.3 is 14.6 Å². The molecule has 0 bridgehead atoms. The lowest BCUT2D eigenvalue weighted by Crippen LogP contribution is -2.67. The lowest BCUT2D eigenvalue weighted by molar-refractivity contribution is -0.139. The SMILES string of the molecule is C[C@@H](O)CCCCC[C@H](CC(=O)O)O[Si](c1ccccc1)(c1ccccc1)C(C)(C)C. The maximum atomic E-state index is 11.7. The summed E-state index contributed by atoms with van der Waals surface area (Å²) >= 11 is 0. The van der Waals surface area contributed by atoms with E-state index in [1.165, 1.54) is 0 Å². The Labute approximate surface area is 188 Å². The third kappa shape index (κ3) is 7.02. The summed E-state index contributed by atoms with van der Waals surface area (Å²) in [6.45, 7) is 8.43. The van der Waals surface area contributed by atoms with E-state index in [9.17, 15) is 15.0 Å². The summed E-state index contributed by atoms with van der Waals surface area (Å²) < 4.78 is 7.02. The number of rotatable bonds is 12. The molecule has 0 spiro atoms. The number of carboxylic acids is 1. The van der Waals surface area contributed by atoms with Crippen LogP contribution in [0.5, 0.6) is 0 Å². The second-order valence-electron chi connectivity index (χ2n) is 9.49. The van der Waals surface area contributed by atoms with Gasteiger partial charge in [0.15, 0.2) is 0 Å². The van der Waals surface area contributed by atoms with Crippen LogP contribution in [0, 0.1) is 0 Å². The van der Waals surface area contributed by atoms with Crippen LogP contribution in [0.3, 0.4) is 0 Å². The molecule has 4 nitrogen and oxygen atoms in total. The summed E-state index contributed by atoms with van der Waals surface area (Å²) in [5.74, 6) is -0.827. The van der Waals surface area contributed by atoms with Crippen molar-refractivity contribution < 1.29 is 19.4 Å². The highest BCUT2D eigenvalue weighted by molar-refractivity contribution is 6.99. The summed E-state index contributed by atoms with van der Waals surface area (Å²) in [7, 11) is -2.77. The van der Waals surface area contributed by atoms with Crippen molar-refractivity contribution in [2.24, 2.45) is 0 Å². The van der Waals surface area contributed by atoms with E-state index in [1.54, 1.807) is 6.92 Å². The van der Waals surface area contributed by atoms with Crippen molar-refractivity contribution in [1.29, 1.82) is 0 Å². The van der Waals surface area contributed by atoms with Gasteiger partial charge in [-0.2, -0.15) is 0 Å². The van der Waals surface area contributed by atoms with Gasteiger partial charge in [-0.3, -0.25) is 4.79 Å². The number of aliphatic carboxylic acids is 1. The molecule has 0 unspecified atom stereocenters. The number of carboxylic acid groups (broad SMARTS) is 1. The van der Waals surface area contributed by atoms with Crippen LogP contribution in [0.2, 0.25) is 5.04 Å². The van der Waals surface area contributed by atoms with Crippen molar-refractivity contribution in [3.8, 4) is 0 Å². The summed E-state index contributed by atoms with van der Waals surface area (Å²) in [5, 5.41) is 21.2. The molecular formula is C26H38O4Si. The number of hydrogen-bond donors (Lipinski definition) is 2. The van der Waals surface area contributed by atoms with Crippen LogP contribution >= 0.6 is 0 Å². The molecule has 2 rings (SSSR count). The maximum Gasteiger partial charge on any atom is 0.305 e. The first kappa shape index (κ1) is 25.3. The van der Waals surface area contributed by atoms with E-state index in [2.05, 4.69) is 45.0 Å². The zero-order valence-corrected chi connectivity index (χ0v) is 20.4. The Morgan fingerprint density at radius 1 is 0.903 bits per heavy atom. The van der Waals surface area contributed by atoms with Crippen molar-refractivity contribution in [3.05, 3.63) is 60.7 Å². The molecule has 0 aliphatic rings. The van der Waals surface area contributed by atoms with Crippen LogP contribution in [0.15, 0.2) is 60.7 Å². The number of carbonyl (C=O) groups is 1. The Balaban J connectivity index is 2.40. The normalized spacial score (nSPS) is 14.2. The lowest BCUT2D eigenvalue weighted by atomic mass is 10.1. The molecule has 2 N–H and O–H groups in total. The maximum absolute atomic E-state index is 11.7. The second kappa shape index (κ2) is 11.6. The predicted molar refractivity (Wildman–Crippen MR) is 130 cm³/mol. The van der Waals surface area contributed by atoms with Crippen LogP contribution in [-0.2, 0) is 9.22 Å². The van der Waals surface area contributed by atoms with Crippen molar-refractivity contribution in [3.63, 3.8) is 0 Å². The van der Waals surface area contributed by atoms with Gasteiger partial charge in [-0.15, -0.1) is 0 Å². The summed E-state index contributed by atoms with van der Waals surface area (Å²) in [6.07, 6.45) is 3.64.